The standard InChI is InChI=1S/C22H26N6O5S/c1-22(2,3)33-21(31)27-17-7-16-11(8-24-17)5-12(34-16)9-26-19(29)14-6-15(32-4)18-25-10-13(23)20(30)28(14)18/h5,7-8,10,14-15H,6,9,23H2,1-4H3,(H,26,29)(H,24,27,31)/t14-,15+/m0/s1. The molecule has 12 heteroatoms. The van der Waals surface area contributed by atoms with Crippen LogP contribution in [-0.2, 0) is 20.8 Å². The molecule has 0 fully saturated rings. The number of rotatable bonds is 5. The quantitative estimate of drug-likeness (QED) is 0.498. The number of nitrogens with zero attached hydrogens (tertiary/aromatic N) is 3. The highest BCUT2D eigenvalue weighted by atomic mass is 32.1. The van der Waals surface area contributed by atoms with Crippen LogP contribution in [0, 0.1) is 0 Å². The Bertz CT molecular complexity index is 1310. The van der Waals surface area contributed by atoms with E-state index in [1.807, 2.05) is 6.07 Å². The third kappa shape index (κ3) is 4.87. The van der Waals surface area contributed by atoms with E-state index in [1.165, 1.54) is 29.2 Å². The number of hydrogen-bond acceptors (Lipinski definition) is 9. The van der Waals surface area contributed by atoms with E-state index in [-0.39, 0.29) is 18.1 Å². The van der Waals surface area contributed by atoms with E-state index in [4.69, 9.17) is 15.2 Å². The molecule has 2 atom stereocenters. The molecule has 0 spiro atoms. The first-order valence-electron chi connectivity index (χ1n) is 10.6. The number of hydrogen-bond donors (Lipinski definition) is 3. The second-order valence-electron chi connectivity index (χ2n) is 8.89. The van der Waals surface area contributed by atoms with Crippen LogP contribution in [0.3, 0.4) is 0 Å². The molecule has 0 radical (unpaired) electrons. The van der Waals surface area contributed by atoms with Crippen LogP contribution in [-0.4, -0.2) is 39.2 Å². The van der Waals surface area contributed by atoms with Gasteiger partial charge in [-0.15, -0.1) is 11.3 Å². The molecule has 0 aromatic carbocycles. The Kier molecular flexibility index (Phi) is 6.28. The van der Waals surface area contributed by atoms with Gasteiger partial charge in [-0.3, -0.25) is 19.5 Å². The van der Waals surface area contributed by atoms with Crippen molar-refractivity contribution >= 4 is 44.9 Å². The molecule has 180 valence electrons. The van der Waals surface area contributed by atoms with Gasteiger partial charge in [0.05, 0.1) is 12.7 Å². The number of aromatic nitrogens is 3. The van der Waals surface area contributed by atoms with Crippen molar-refractivity contribution in [3.8, 4) is 0 Å². The van der Waals surface area contributed by atoms with Crippen molar-refractivity contribution in [2.45, 2.75) is 51.5 Å². The number of carbonyl (C=O) groups excluding carboxylic acids is 2. The van der Waals surface area contributed by atoms with Gasteiger partial charge in [-0.25, -0.2) is 14.8 Å². The molecule has 11 nitrogen and oxygen atoms in total. The molecule has 0 aliphatic carbocycles. The molecule has 0 saturated heterocycles. The number of pyridine rings is 1. The highest BCUT2D eigenvalue weighted by Crippen LogP contribution is 2.34. The summed E-state index contributed by atoms with van der Waals surface area (Å²) in [7, 11) is 1.51. The van der Waals surface area contributed by atoms with Gasteiger partial charge in [0.25, 0.3) is 5.56 Å². The van der Waals surface area contributed by atoms with E-state index in [0.717, 1.165) is 15.0 Å². The van der Waals surface area contributed by atoms with Crippen molar-refractivity contribution in [1.29, 1.82) is 0 Å². The number of nitrogens with two attached hydrogens (primary N) is 1. The highest BCUT2D eigenvalue weighted by molar-refractivity contribution is 7.19. The number of fused-ring (bicyclic) bond motifs is 2. The minimum Gasteiger partial charge on any atom is -0.444 e. The van der Waals surface area contributed by atoms with Gasteiger partial charge in [0.1, 0.15) is 35.1 Å². The van der Waals surface area contributed by atoms with Crippen molar-refractivity contribution in [2.75, 3.05) is 18.2 Å². The van der Waals surface area contributed by atoms with Gasteiger partial charge in [0.2, 0.25) is 5.91 Å². The Morgan fingerprint density at radius 2 is 2.03 bits per heavy atom. The topological polar surface area (TPSA) is 150 Å². The Hall–Kier alpha value is -3.51. The first kappa shape index (κ1) is 23.6. The molecule has 1 aliphatic rings. The summed E-state index contributed by atoms with van der Waals surface area (Å²) in [6.45, 7) is 5.61. The minimum absolute atomic E-state index is 0.0221. The number of anilines is 2. The van der Waals surface area contributed by atoms with Crippen molar-refractivity contribution in [3.05, 3.63) is 45.6 Å². The van der Waals surface area contributed by atoms with Crippen LogP contribution in [0.1, 0.15) is 50.0 Å². The fourth-order valence-electron chi connectivity index (χ4n) is 3.72. The number of ether oxygens (including phenoxy) is 2. The number of methoxy groups -OCH3 is 1. The van der Waals surface area contributed by atoms with Crippen LogP contribution < -0.4 is 21.9 Å². The lowest BCUT2D eigenvalue weighted by Gasteiger charge is -2.19. The lowest BCUT2D eigenvalue weighted by atomic mass is 10.1. The first-order valence-corrected chi connectivity index (χ1v) is 11.4. The molecule has 0 bridgehead atoms. The number of nitrogens with one attached hydrogen (secondary N) is 2. The maximum Gasteiger partial charge on any atom is 0.413 e. The van der Waals surface area contributed by atoms with E-state index in [1.54, 1.807) is 33.0 Å². The predicted octanol–water partition coefficient (Wildman–Crippen LogP) is 2.73. The Balaban J connectivity index is 1.45. The third-order valence-corrected chi connectivity index (χ3v) is 6.29. The molecular weight excluding hydrogens is 460 g/mol. The van der Waals surface area contributed by atoms with Gasteiger partial charge in [-0.05, 0) is 32.9 Å². The molecule has 0 unspecified atom stereocenters. The molecule has 3 aromatic heterocycles. The first-order chi connectivity index (χ1) is 16.1. The number of thiophene rings is 1. The largest absolute Gasteiger partial charge is 0.444 e. The van der Waals surface area contributed by atoms with Gasteiger partial charge in [0, 0.05) is 34.7 Å². The predicted molar refractivity (Wildman–Crippen MR) is 128 cm³/mol. The average Bonchev–Trinajstić information content (AvgIpc) is 3.34. The fourth-order valence-corrected chi connectivity index (χ4v) is 4.73. The zero-order chi connectivity index (χ0) is 24.6. The zero-order valence-electron chi connectivity index (χ0n) is 19.2. The Morgan fingerprint density at radius 1 is 1.26 bits per heavy atom. The molecule has 0 saturated carbocycles. The third-order valence-electron chi connectivity index (χ3n) is 5.19. The van der Waals surface area contributed by atoms with E-state index in [2.05, 4.69) is 20.6 Å². The van der Waals surface area contributed by atoms with Crippen molar-refractivity contribution < 1.29 is 19.1 Å². The molecule has 4 heterocycles. The second kappa shape index (κ2) is 9.03. The molecule has 2 amide bonds. The zero-order valence-corrected chi connectivity index (χ0v) is 20.1. The van der Waals surface area contributed by atoms with Gasteiger partial charge < -0.3 is 20.5 Å². The van der Waals surface area contributed by atoms with Crippen LogP contribution in [0.5, 0.6) is 0 Å². The Labute approximate surface area is 199 Å². The van der Waals surface area contributed by atoms with Crippen LogP contribution in [0.25, 0.3) is 10.1 Å². The maximum absolute atomic E-state index is 12.9. The molecule has 4 N–H and O–H groups in total. The smallest absolute Gasteiger partial charge is 0.413 e. The van der Waals surface area contributed by atoms with E-state index >= 15 is 0 Å². The number of nitrogen functional groups attached to an aromatic ring is 1. The van der Waals surface area contributed by atoms with Crippen LogP contribution in [0.15, 0.2) is 29.3 Å². The summed E-state index contributed by atoms with van der Waals surface area (Å²) in [6.07, 6.45) is 2.19. The summed E-state index contributed by atoms with van der Waals surface area (Å²) >= 11 is 1.46. The average molecular weight is 487 g/mol. The Morgan fingerprint density at radius 3 is 2.74 bits per heavy atom. The van der Waals surface area contributed by atoms with Gasteiger partial charge in [0.15, 0.2) is 0 Å². The monoisotopic (exact) mass is 486 g/mol. The maximum atomic E-state index is 12.9. The van der Waals surface area contributed by atoms with Gasteiger partial charge in [-0.1, -0.05) is 0 Å². The normalized spacial score (nSPS) is 17.4. The molecular formula is C22H26N6O5S. The van der Waals surface area contributed by atoms with Crippen molar-refractivity contribution in [2.24, 2.45) is 0 Å². The van der Waals surface area contributed by atoms with E-state index in [0.29, 0.717) is 18.1 Å². The fraction of sp³-hybridized carbons (Fsp3) is 0.409. The highest BCUT2D eigenvalue weighted by Gasteiger charge is 2.37. The number of amides is 2. The van der Waals surface area contributed by atoms with Crippen LogP contribution in [0.2, 0.25) is 0 Å². The van der Waals surface area contributed by atoms with Gasteiger partial charge >= 0.3 is 6.09 Å². The van der Waals surface area contributed by atoms with E-state index in [9.17, 15) is 14.4 Å². The summed E-state index contributed by atoms with van der Waals surface area (Å²) < 4.78 is 12.8. The van der Waals surface area contributed by atoms with Crippen LogP contribution in [0.4, 0.5) is 16.3 Å². The van der Waals surface area contributed by atoms with Crippen molar-refractivity contribution in [3.63, 3.8) is 0 Å². The lowest BCUT2D eigenvalue weighted by Crippen LogP contribution is -2.36. The van der Waals surface area contributed by atoms with Crippen LogP contribution >= 0.6 is 11.3 Å². The van der Waals surface area contributed by atoms with Gasteiger partial charge in [-0.2, -0.15) is 0 Å². The molecule has 34 heavy (non-hydrogen) atoms. The summed E-state index contributed by atoms with van der Waals surface area (Å²) in [6, 6.07) is 2.90. The summed E-state index contributed by atoms with van der Waals surface area (Å²) in [5, 5.41) is 6.38. The minimum atomic E-state index is -0.760. The molecule has 4 rings (SSSR count). The summed E-state index contributed by atoms with van der Waals surface area (Å²) in [4.78, 5) is 46.8. The number of carbonyl (C=O) groups is 2. The lowest BCUT2D eigenvalue weighted by molar-refractivity contribution is -0.124. The SMILES string of the molecule is CO[C@@H]1C[C@@H](C(=O)NCc2cc3cnc(NC(=O)OC(C)(C)C)cc3s2)n2c1ncc(N)c2=O. The second-order valence-corrected chi connectivity index (χ2v) is 10.1. The van der Waals surface area contributed by atoms with E-state index < -0.39 is 29.4 Å². The summed E-state index contributed by atoms with van der Waals surface area (Å²) in [5.74, 6) is 0.440. The summed E-state index contributed by atoms with van der Waals surface area (Å²) in [5.41, 5.74) is 4.63. The molecule has 1 aliphatic heterocycles. The van der Waals surface area contributed by atoms with Crippen molar-refractivity contribution in [1.82, 2.24) is 19.9 Å². The molecule has 3 aromatic rings.